The van der Waals surface area contributed by atoms with Gasteiger partial charge in [-0.15, -0.1) is 24.0 Å². The van der Waals surface area contributed by atoms with Crippen LogP contribution in [0.1, 0.15) is 23.6 Å². The molecule has 0 aromatic heterocycles. The van der Waals surface area contributed by atoms with Crippen molar-refractivity contribution in [1.82, 2.24) is 10.6 Å². The Kier molecular flexibility index (Phi) is 10.9. The van der Waals surface area contributed by atoms with Crippen LogP contribution < -0.4 is 25.8 Å². The van der Waals surface area contributed by atoms with Crippen LogP contribution in [-0.4, -0.2) is 32.1 Å². The molecule has 0 fully saturated rings. The molecule has 7 nitrogen and oxygen atoms in total. The first-order valence-corrected chi connectivity index (χ1v) is 9.17. The van der Waals surface area contributed by atoms with Crippen LogP contribution in [0.4, 0.5) is 0 Å². The van der Waals surface area contributed by atoms with Gasteiger partial charge in [-0.25, -0.2) is 4.99 Å². The number of aryl methyl sites for hydroxylation is 1. The minimum Gasteiger partial charge on any atom is -0.496 e. The summed E-state index contributed by atoms with van der Waals surface area (Å²) in [5.74, 6) is 1.64. The number of benzene rings is 2. The van der Waals surface area contributed by atoms with E-state index < -0.39 is 5.91 Å². The molecule has 2 aromatic rings. The summed E-state index contributed by atoms with van der Waals surface area (Å²) in [6, 6.07) is 13.6. The normalized spacial score (nSPS) is 10.7. The SMILES string of the molecule is CCNC(=NCc1cccc(OCC(N)=O)c1)NCc1ccc(C)cc1OC.I. The van der Waals surface area contributed by atoms with Crippen LogP contribution in [0.5, 0.6) is 11.5 Å². The fourth-order valence-electron chi connectivity index (χ4n) is 2.58. The number of nitrogens with zero attached hydrogens (tertiary/aromatic N) is 1. The summed E-state index contributed by atoms with van der Waals surface area (Å²) >= 11 is 0. The van der Waals surface area contributed by atoms with E-state index in [4.69, 9.17) is 15.2 Å². The molecule has 29 heavy (non-hydrogen) atoms. The van der Waals surface area contributed by atoms with Crippen molar-refractivity contribution in [2.24, 2.45) is 10.7 Å². The van der Waals surface area contributed by atoms with Crippen LogP contribution in [0, 0.1) is 6.92 Å². The molecular weight excluding hydrogens is 483 g/mol. The van der Waals surface area contributed by atoms with E-state index in [-0.39, 0.29) is 30.6 Å². The van der Waals surface area contributed by atoms with Crippen molar-refractivity contribution >= 4 is 35.8 Å². The van der Waals surface area contributed by atoms with Gasteiger partial charge in [-0.2, -0.15) is 0 Å². The summed E-state index contributed by atoms with van der Waals surface area (Å²) in [4.78, 5) is 15.5. The van der Waals surface area contributed by atoms with E-state index in [1.54, 1.807) is 13.2 Å². The number of carbonyl (C=O) groups excluding carboxylic acids is 1. The Bertz CT molecular complexity index is 827. The summed E-state index contributed by atoms with van der Waals surface area (Å²) in [6.07, 6.45) is 0. The van der Waals surface area contributed by atoms with Gasteiger partial charge in [-0.3, -0.25) is 4.79 Å². The average molecular weight is 512 g/mol. The number of ether oxygens (including phenoxy) is 2. The first-order valence-electron chi connectivity index (χ1n) is 9.17. The fourth-order valence-corrected chi connectivity index (χ4v) is 2.58. The van der Waals surface area contributed by atoms with Gasteiger partial charge in [0, 0.05) is 18.7 Å². The van der Waals surface area contributed by atoms with Crippen molar-refractivity contribution in [3.05, 3.63) is 59.2 Å². The number of primary amides is 1. The quantitative estimate of drug-likeness (QED) is 0.273. The maximum Gasteiger partial charge on any atom is 0.255 e. The lowest BCUT2D eigenvalue weighted by Crippen LogP contribution is -2.36. The van der Waals surface area contributed by atoms with Gasteiger partial charge >= 0.3 is 0 Å². The third-order valence-electron chi connectivity index (χ3n) is 3.93. The molecule has 4 N–H and O–H groups in total. The zero-order valence-corrected chi connectivity index (χ0v) is 19.4. The Morgan fingerprint density at radius 3 is 2.66 bits per heavy atom. The highest BCUT2D eigenvalue weighted by molar-refractivity contribution is 14.0. The van der Waals surface area contributed by atoms with Gasteiger partial charge < -0.3 is 25.8 Å². The molecule has 158 valence electrons. The van der Waals surface area contributed by atoms with Gasteiger partial charge in [0.05, 0.1) is 13.7 Å². The number of hydrogen-bond acceptors (Lipinski definition) is 4. The molecule has 0 aliphatic rings. The molecule has 0 spiro atoms. The Morgan fingerprint density at radius 1 is 1.17 bits per heavy atom. The monoisotopic (exact) mass is 512 g/mol. The van der Waals surface area contributed by atoms with E-state index in [1.807, 2.05) is 44.2 Å². The first-order chi connectivity index (χ1) is 13.5. The average Bonchev–Trinajstić information content (AvgIpc) is 2.69. The molecule has 0 radical (unpaired) electrons. The predicted molar refractivity (Wildman–Crippen MR) is 126 cm³/mol. The highest BCUT2D eigenvalue weighted by atomic mass is 127. The van der Waals surface area contributed by atoms with Gasteiger partial charge in [0.25, 0.3) is 5.91 Å². The Morgan fingerprint density at radius 2 is 1.97 bits per heavy atom. The van der Waals surface area contributed by atoms with E-state index >= 15 is 0 Å². The number of aliphatic imine (C=N–C) groups is 1. The second-order valence-electron chi connectivity index (χ2n) is 6.27. The molecule has 0 aliphatic carbocycles. The molecule has 0 saturated carbocycles. The number of carbonyl (C=O) groups is 1. The summed E-state index contributed by atoms with van der Waals surface area (Å²) in [6.45, 7) is 5.72. The molecule has 0 unspecified atom stereocenters. The third-order valence-corrected chi connectivity index (χ3v) is 3.93. The van der Waals surface area contributed by atoms with Crippen molar-refractivity contribution in [2.45, 2.75) is 26.9 Å². The summed E-state index contributed by atoms with van der Waals surface area (Å²) in [5, 5.41) is 6.55. The topological polar surface area (TPSA) is 98.0 Å². The maximum atomic E-state index is 10.8. The number of amides is 1. The van der Waals surface area contributed by atoms with Crippen molar-refractivity contribution in [1.29, 1.82) is 0 Å². The smallest absolute Gasteiger partial charge is 0.255 e. The summed E-state index contributed by atoms with van der Waals surface area (Å²) in [7, 11) is 1.67. The van der Waals surface area contributed by atoms with Crippen molar-refractivity contribution in [3.8, 4) is 11.5 Å². The molecule has 2 rings (SSSR count). The molecule has 8 heteroatoms. The second-order valence-corrected chi connectivity index (χ2v) is 6.27. The van der Waals surface area contributed by atoms with Crippen LogP contribution >= 0.6 is 24.0 Å². The lowest BCUT2D eigenvalue weighted by molar-refractivity contribution is -0.119. The second kappa shape index (κ2) is 12.9. The summed E-state index contributed by atoms with van der Waals surface area (Å²) < 4.78 is 10.8. The van der Waals surface area contributed by atoms with Crippen LogP contribution in [0.15, 0.2) is 47.5 Å². The van der Waals surface area contributed by atoms with Crippen molar-refractivity contribution < 1.29 is 14.3 Å². The van der Waals surface area contributed by atoms with Crippen LogP contribution in [0.25, 0.3) is 0 Å². The Labute approximate surface area is 189 Å². The van der Waals surface area contributed by atoms with E-state index in [0.29, 0.717) is 24.8 Å². The lowest BCUT2D eigenvalue weighted by atomic mass is 10.1. The molecule has 0 bridgehead atoms. The lowest BCUT2D eigenvalue weighted by Gasteiger charge is -2.14. The Hall–Kier alpha value is -2.49. The zero-order chi connectivity index (χ0) is 20.4. The minimum absolute atomic E-state index is 0. The molecule has 0 aliphatic heterocycles. The van der Waals surface area contributed by atoms with Crippen LogP contribution in [-0.2, 0) is 17.9 Å². The highest BCUT2D eigenvalue weighted by Crippen LogP contribution is 2.19. The van der Waals surface area contributed by atoms with E-state index in [1.165, 1.54) is 0 Å². The van der Waals surface area contributed by atoms with E-state index in [0.717, 1.165) is 29.0 Å². The van der Waals surface area contributed by atoms with E-state index in [9.17, 15) is 4.79 Å². The molecular formula is C21H29IN4O3. The third kappa shape index (κ3) is 8.59. The number of hydrogen-bond donors (Lipinski definition) is 3. The fraction of sp³-hybridized carbons (Fsp3) is 0.333. The predicted octanol–water partition coefficient (Wildman–Crippen LogP) is 2.74. The molecule has 2 aromatic carbocycles. The van der Waals surface area contributed by atoms with Gasteiger partial charge in [0.2, 0.25) is 0 Å². The molecule has 0 atom stereocenters. The number of methoxy groups -OCH3 is 1. The van der Waals surface area contributed by atoms with Gasteiger partial charge in [0.15, 0.2) is 12.6 Å². The van der Waals surface area contributed by atoms with Crippen LogP contribution in [0.2, 0.25) is 0 Å². The number of halogens is 1. The number of rotatable bonds is 9. The van der Waals surface area contributed by atoms with Gasteiger partial charge in [-0.05, 0) is 43.2 Å². The largest absolute Gasteiger partial charge is 0.496 e. The van der Waals surface area contributed by atoms with E-state index in [2.05, 4.69) is 21.7 Å². The first kappa shape index (κ1) is 24.5. The van der Waals surface area contributed by atoms with Crippen molar-refractivity contribution in [3.63, 3.8) is 0 Å². The minimum atomic E-state index is -0.506. The highest BCUT2D eigenvalue weighted by Gasteiger charge is 2.05. The summed E-state index contributed by atoms with van der Waals surface area (Å²) in [5.41, 5.74) is 8.28. The van der Waals surface area contributed by atoms with Crippen molar-refractivity contribution in [2.75, 3.05) is 20.3 Å². The zero-order valence-electron chi connectivity index (χ0n) is 17.0. The number of nitrogens with one attached hydrogen (secondary N) is 2. The Balaban J connectivity index is 0.00000420. The molecule has 0 saturated heterocycles. The van der Waals surface area contributed by atoms with Gasteiger partial charge in [-0.1, -0.05) is 24.3 Å². The number of guanidine groups is 1. The van der Waals surface area contributed by atoms with Gasteiger partial charge in [0.1, 0.15) is 11.5 Å². The number of nitrogens with two attached hydrogens (primary N) is 1. The maximum absolute atomic E-state index is 10.8. The molecule has 0 heterocycles. The van der Waals surface area contributed by atoms with Crippen LogP contribution in [0.3, 0.4) is 0 Å². The standard InChI is InChI=1S/C21H28N4O3.HI/c1-4-23-21(25-13-17-9-8-15(2)10-19(17)27-3)24-12-16-6-5-7-18(11-16)28-14-20(22)26;/h5-11H,4,12-14H2,1-3H3,(H2,22,26)(H2,23,24,25);1H. The molecule has 1 amide bonds.